The SMILES string of the molecule is O=C(Nc1ccc(-n2cnc3ccccc32)nc1)C1CCN(c2ccc3nnnn3n2)CC1. The lowest BCUT2D eigenvalue weighted by Gasteiger charge is -2.31. The van der Waals surface area contributed by atoms with Crippen LogP contribution in [-0.2, 0) is 4.79 Å². The zero-order valence-corrected chi connectivity index (χ0v) is 17.6. The van der Waals surface area contributed by atoms with E-state index in [4.69, 9.17) is 0 Å². The summed E-state index contributed by atoms with van der Waals surface area (Å²) >= 11 is 0. The Bertz CT molecular complexity index is 1430. The maximum Gasteiger partial charge on any atom is 0.227 e. The number of carbonyl (C=O) groups is 1. The minimum Gasteiger partial charge on any atom is -0.355 e. The van der Waals surface area contributed by atoms with Gasteiger partial charge in [-0.15, -0.1) is 14.8 Å². The van der Waals surface area contributed by atoms with Gasteiger partial charge in [0, 0.05) is 19.0 Å². The number of carbonyl (C=O) groups excluding carboxylic acids is 1. The number of nitrogens with one attached hydrogen (secondary N) is 1. The van der Waals surface area contributed by atoms with Crippen molar-refractivity contribution in [1.29, 1.82) is 0 Å². The number of fused-ring (bicyclic) bond motifs is 2. The monoisotopic (exact) mass is 440 g/mol. The first-order chi connectivity index (χ1) is 16.2. The fourth-order valence-corrected chi connectivity index (χ4v) is 4.17. The van der Waals surface area contributed by atoms with Gasteiger partial charge >= 0.3 is 0 Å². The van der Waals surface area contributed by atoms with E-state index >= 15 is 0 Å². The van der Waals surface area contributed by atoms with Crippen LogP contribution in [0.25, 0.3) is 22.5 Å². The number of hydrogen-bond donors (Lipinski definition) is 1. The van der Waals surface area contributed by atoms with Crippen LogP contribution < -0.4 is 10.2 Å². The predicted octanol–water partition coefficient (Wildman–Crippen LogP) is 2.11. The number of tetrazole rings is 1. The summed E-state index contributed by atoms with van der Waals surface area (Å²) in [5.74, 6) is 1.51. The van der Waals surface area contributed by atoms with Gasteiger partial charge in [0.25, 0.3) is 0 Å². The van der Waals surface area contributed by atoms with Crippen molar-refractivity contribution in [2.24, 2.45) is 5.92 Å². The standard InChI is InChI=1S/C22H20N10O/c33-22(15-9-11-30(12-10-15)21-8-7-20-26-28-29-32(20)27-21)25-16-5-6-19(23-13-16)31-14-24-17-3-1-2-4-18(17)31/h1-8,13-15H,9-12H2,(H,25,33). The molecule has 5 aromatic rings. The van der Waals surface area contributed by atoms with Gasteiger partial charge in [-0.1, -0.05) is 12.1 Å². The minimum atomic E-state index is -0.0599. The molecule has 4 aromatic heterocycles. The largest absolute Gasteiger partial charge is 0.355 e. The van der Waals surface area contributed by atoms with Gasteiger partial charge in [0.15, 0.2) is 11.5 Å². The first kappa shape index (κ1) is 19.3. The Morgan fingerprint density at radius 3 is 2.67 bits per heavy atom. The molecule has 1 aliphatic rings. The number of aromatic nitrogens is 8. The van der Waals surface area contributed by atoms with Crippen LogP contribution in [0.5, 0.6) is 0 Å². The number of nitrogens with zero attached hydrogens (tertiary/aromatic N) is 9. The van der Waals surface area contributed by atoms with E-state index in [1.807, 2.05) is 53.1 Å². The molecule has 11 heteroatoms. The number of amides is 1. The van der Waals surface area contributed by atoms with E-state index in [-0.39, 0.29) is 11.8 Å². The highest BCUT2D eigenvalue weighted by atomic mass is 16.1. The number of piperidine rings is 1. The molecule has 1 amide bonds. The van der Waals surface area contributed by atoms with Gasteiger partial charge in [0.2, 0.25) is 5.91 Å². The van der Waals surface area contributed by atoms with Crippen molar-refractivity contribution in [2.75, 3.05) is 23.3 Å². The molecular formula is C22H20N10O. The van der Waals surface area contributed by atoms with Gasteiger partial charge < -0.3 is 10.2 Å². The lowest BCUT2D eigenvalue weighted by molar-refractivity contribution is -0.120. The Morgan fingerprint density at radius 1 is 0.970 bits per heavy atom. The molecule has 0 bridgehead atoms. The third kappa shape index (κ3) is 3.63. The number of rotatable bonds is 4. The molecule has 1 aliphatic heterocycles. The Hall–Kier alpha value is -4.41. The highest BCUT2D eigenvalue weighted by molar-refractivity contribution is 5.92. The summed E-state index contributed by atoms with van der Waals surface area (Å²) in [4.78, 5) is 23.9. The van der Waals surface area contributed by atoms with E-state index in [1.165, 1.54) is 4.63 Å². The lowest BCUT2D eigenvalue weighted by atomic mass is 9.96. The summed E-state index contributed by atoms with van der Waals surface area (Å²) in [5, 5.41) is 18.8. The maximum absolute atomic E-state index is 12.8. The summed E-state index contributed by atoms with van der Waals surface area (Å²) in [6.07, 6.45) is 4.93. The highest BCUT2D eigenvalue weighted by Crippen LogP contribution is 2.23. The molecule has 1 fully saturated rings. The zero-order valence-electron chi connectivity index (χ0n) is 17.6. The third-order valence-corrected chi connectivity index (χ3v) is 5.96. The van der Waals surface area contributed by atoms with Crippen LogP contribution >= 0.6 is 0 Å². The second kappa shape index (κ2) is 7.93. The van der Waals surface area contributed by atoms with Crippen molar-refractivity contribution in [2.45, 2.75) is 12.8 Å². The minimum absolute atomic E-state index is 0.0150. The molecule has 6 rings (SSSR count). The smallest absolute Gasteiger partial charge is 0.227 e. The average molecular weight is 440 g/mol. The summed E-state index contributed by atoms with van der Waals surface area (Å²) in [6, 6.07) is 15.4. The molecule has 1 aromatic carbocycles. The first-order valence-electron chi connectivity index (χ1n) is 10.7. The van der Waals surface area contributed by atoms with Crippen molar-refractivity contribution < 1.29 is 4.79 Å². The van der Waals surface area contributed by atoms with Gasteiger partial charge in [0.1, 0.15) is 12.1 Å². The van der Waals surface area contributed by atoms with E-state index in [2.05, 4.69) is 40.8 Å². The van der Waals surface area contributed by atoms with Gasteiger partial charge in [-0.3, -0.25) is 9.36 Å². The number of pyridine rings is 1. The average Bonchev–Trinajstić information content (AvgIpc) is 3.51. The predicted molar refractivity (Wildman–Crippen MR) is 121 cm³/mol. The molecule has 0 spiro atoms. The van der Waals surface area contributed by atoms with Gasteiger partial charge in [0.05, 0.1) is 22.9 Å². The van der Waals surface area contributed by atoms with Crippen molar-refractivity contribution in [1.82, 2.24) is 39.8 Å². The zero-order chi connectivity index (χ0) is 22.2. The molecular weight excluding hydrogens is 420 g/mol. The van der Waals surface area contributed by atoms with E-state index in [9.17, 15) is 4.79 Å². The Morgan fingerprint density at radius 2 is 1.82 bits per heavy atom. The number of anilines is 2. The molecule has 164 valence electrons. The topological polar surface area (TPSA) is 119 Å². The second-order valence-electron chi connectivity index (χ2n) is 7.98. The van der Waals surface area contributed by atoms with Crippen molar-refractivity contribution >= 4 is 34.1 Å². The molecule has 11 nitrogen and oxygen atoms in total. The quantitative estimate of drug-likeness (QED) is 0.451. The van der Waals surface area contributed by atoms with E-state index < -0.39 is 0 Å². The van der Waals surface area contributed by atoms with E-state index in [1.54, 1.807) is 12.5 Å². The number of para-hydroxylation sites is 2. The van der Waals surface area contributed by atoms with Crippen LogP contribution in [0.1, 0.15) is 12.8 Å². The van der Waals surface area contributed by atoms with Crippen LogP contribution in [0, 0.1) is 5.92 Å². The van der Waals surface area contributed by atoms with Crippen LogP contribution in [-0.4, -0.2) is 58.8 Å². The molecule has 0 aliphatic carbocycles. The normalized spacial score (nSPS) is 14.7. The van der Waals surface area contributed by atoms with Crippen molar-refractivity contribution in [3.63, 3.8) is 0 Å². The first-order valence-corrected chi connectivity index (χ1v) is 10.7. The molecule has 0 atom stereocenters. The molecule has 5 heterocycles. The van der Waals surface area contributed by atoms with E-state index in [0.29, 0.717) is 11.3 Å². The summed E-state index contributed by atoms with van der Waals surface area (Å²) in [6.45, 7) is 1.48. The van der Waals surface area contributed by atoms with Crippen molar-refractivity contribution in [3.8, 4) is 5.82 Å². The molecule has 0 radical (unpaired) electrons. The molecule has 0 unspecified atom stereocenters. The Balaban J connectivity index is 1.09. The lowest BCUT2D eigenvalue weighted by Crippen LogP contribution is -2.38. The van der Waals surface area contributed by atoms with Gasteiger partial charge in [-0.25, -0.2) is 9.97 Å². The summed E-state index contributed by atoms with van der Waals surface area (Å²) < 4.78 is 3.34. The Labute approximate surface area is 188 Å². The van der Waals surface area contributed by atoms with Gasteiger partial charge in [-0.05, 0) is 59.7 Å². The molecule has 33 heavy (non-hydrogen) atoms. The van der Waals surface area contributed by atoms with Gasteiger partial charge in [-0.2, -0.15) is 0 Å². The number of hydrogen-bond acceptors (Lipinski definition) is 8. The van der Waals surface area contributed by atoms with Crippen molar-refractivity contribution in [3.05, 3.63) is 61.1 Å². The fraction of sp³-hybridized carbons (Fsp3) is 0.227. The Kier molecular flexibility index (Phi) is 4.64. The van der Waals surface area contributed by atoms with Crippen LogP contribution in [0.4, 0.5) is 11.5 Å². The fourth-order valence-electron chi connectivity index (χ4n) is 4.17. The second-order valence-corrected chi connectivity index (χ2v) is 7.98. The molecule has 1 N–H and O–H groups in total. The highest BCUT2D eigenvalue weighted by Gasteiger charge is 2.26. The maximum atomic E-state index is 12.8. The third-order valence-electron chi connectivity index (χ3n) is 5.96. The summed E-state index contributed by atoms with van der Waals surface area (Å²) in [7, 11) is 0. The summed E-state index contributed by atoms with van der Waals surface area (Å²) in [5.41, 5.74) is 3.19. The van der Waals surface area contributed by atoms with E-state index in [0.717, 1.165) is 48.6 Å². The van der Waals surface area contributed by atoms with Crippen LogP contribution in [0.15, 0.2) is 61.1 Å². The number of benzene rings is 1. The van der Waals surface area contributed by atoms with Crippen LogP contribution in [0.2, 0.25) is 0 Å². The molecule has 0 saturated carbocycles. The number of imidazole rings is 1. The van der Waals surface area contributed by atoms with Crippen LogP contribution in [0.3, 0.4) is 0 Å². The molecule has 1 saturated heterocycles.